The molecule has 9 heteroatoms. The number of hydrogen-bond acceptors (Lipinski definition) is 3. The number of hydrogen-bond donors (Lipinski definition) is 3. The average Bonchev–Trinajstić information content (AvgIpc) is 2.77. The molecule has 3 aromatic rings. The molecule has 3 N–H and O–H groups in total. The number of fused-ring (bicyclic) bond motifs is 1. The Hall–Kier alpha value is -2.42. The number of phenols is 2. The van der Waals surface area contributed by atoms with Crippen molar-refractivity contribution in [2.75, 3.05) is 0 Å². The number of benzene rings is 2. The topological polar surface area (TPSA) is 78.2 Å². The monoisotopic (exact) mass is 388 g/mol. The summed E-state index contributed by atoms with van der Waals surface area (Å²) >= 11 is 3.06. The molecule has 0 aliphatic carbocycles. The van der Waals surface area contributed by atoms with E-state index in [-0.39, 0.29) is 26.9 Å². The predicted molar refractivity (Wildman–Crippen MR) is 79.9 cm³/mol. The van der Waals surface area contributed by atoms with Gasteiger partial charge >= 0.3 is 11.9 Å². The Bertz CT molecular complexity index is 976. The Morgan fingerprint density at radius 2 is 1.78 bits per heavy atom. The zero-order valence-corrected chi connectivity index (χ0v) is 12.7. The molecule has 23 heavy (non-hydrogen) atoms. The fourth-order valence-corrected chi connectivity index (χ4v) is 2.58. The highest BCUT2D eigenvalue weighted by Gasteiger charge is 2.31. The molecule has 0 radical (unpaired) electrons. The largest absolute Gasteiger partial charge is 0.507 e. The van der Waals surface area contributed by atoms with Crippen molar-refractivity contribution in [1.82, 2.24) is 9.55 Å². The number of alkyl halides is 3. The third kappa shape index (κ3) is 2.56. The summed E-state index contributed by atoms with van der Waals surface area (Å²) in [5, 5.41) is 19.4. The molecule has 0 aliphatic rings. The average molecular weight is 389 g/mol. The molecule has 5 nitrogen and oxygen atoms in total. The number of aromatic nitrogens is 2. The maximum absolute atomic E-state index is 12.7. The van der Waals surface area contributed by atoms with Gasteiger partial charge in [0.15, 0.2) is 0 Å². The lowest BCUT2D eigenvalue weighted by Crippen LogP contribution is -2.14. The number of aromatic hydroxyl groups is 2. The summed E-state index contributed by atoms with van der Waals surface area (Å²) in [5.41, 5.74) is -1.45. The zero-order valence-electron chi connectivity index (χ0n) is 11.1. The Morgan fingerprint density at radius 3 is 2.43 bits per heavy atom. The van der Waals surface area contributed by atoms with Crippen LogP contribution in [0.25, 0.3) is 16.7 Å². The molecule has 0 unspecified atom stereocenters. The van der Waals surface area contributed by atoms with Crippen LogP contribution in [-0.4, -0.2) is 19.8 Å². The highest BCUT2D eigenvalue weighted by molar-refractivity contribution is 9.10. The van der Waals surface area contributed by atoms with E-state index in [1.807, 2.05) is 0 Å². The normalized spacial score (nSPS) is 12.0. The van der Waals surface area contributed by atoms with Crippen LogP contribution in [0, 0.1) is 0 Å². The number of phenolic OH excluding ortho intramolecular Hbond substituents is 2. The molecule has 0 spiro atoms. The summed E-state index contributed by atoms with van der Waals surface area (Å²) in [6.07, 6.45) is -4.53. The molecule has 1 heterocycles. The maximum Gasteiger partial charge on any atom is 0.416 e. The molecule has 0 bridgehead atoms. The number of rotatable bonds is 1. The van der Waals surface area contributed by atoms with Crippen LogP contribution < -0.4 is 5.69 Å². The predicted octanol–water partition coefficient (Wildman–Crippen LogP) is 3.51. The third-order valence-corrected chi connectivity index (χ3v) is 3.93. The van der Waals surface area contributed by atoms with Crippen LogP contribution in [0.15, 0.2) is 39.6 Å². The summed E-state index contributed by atoms with van der Waals surface area (Å²) in [6, 6.07) is 5.11. The Labute approximate surface area is 134 Å². The summed E-state index contributed by atoms with van der Waals surface area (Å²) in [7, 11) is 0. The minimum atomic E-state index is -4.53. The molecule has 0 saturated heterocycles. The van der Waals surface area contributed by atoms with Crippen molar-refractivity contribution in [2.45, 2.75) is 6.18 Å². The number of H-pyrrole nitrogens is 1. The standard InChI is InChI=1S/C14H8BrF3N2O3/c15-7-4-10(12(22)5-11(7)21)20-9-2-1-6(14(16,17)18)3-8(9)19-13(20)23/h1-5,21-22H,(H,19,23). The molecule has 120 valence electrons. The van der Waals surface area contributed by atoms with Gasteiger partial charge in [-0.15, -0.1) is 0 Å². The molecule has 0 aliphatic heterocycles. The Kier molecular flexibility index (Phi) is 3.40. The third-order valence-electron chi connectivity index (χ3n) is 3.29. The van der Waals surface area contributed by atoms with Gasteiger partial charge in [0.2, 0.25) is 0 Å². The lowest BCUT2D eigenvalue weighted by Gasteiger charge is -2.09. The first-order valence-electron chi connectivity index (χ1n) is 6.22. The first kappa shape index (κ1) is 15.5. The van der Waals surface area contributed by atoms with Crippen molar-refractivity contribution < 1.29 is 23.4 Å². The maximum atomic E-state index is 12.7. The van der Waals surface area contributed by atoms with Crippen LogP contribution >= 0.6 is 15.9 Å². The van der Waals surface area contributed by atoms with Crippen molar-refractivity contribution >= 4 is 27.0 Å². The molecule has 3 rings (SSSR count). The smallest absolute Gasteiger partial charge is 0.416 e. The van der Waals surface area contributed by atoms with Gasteiger partial charge in [0.25, 0.3) is 0 Å². The SMILES string of the molecule is O=c1[nH]c2cc(C(F)(F)F)ccc2n1-c1cc(Br)c(O)cc1O. The molecule has 0 saturated carbocycles. The summed E-state index contributed by atoms with van der Waals surface area (Å²) in [4.78, 5) is 14.4. The van der Waals surface area contributed by atoms with E-state index in [1.165, 1.54) is 6.07 Å². The molecule has 1 aromatic heterocycles. The number of aromatic amines is 1. The van der Waals surface area contributed by atoms with E-state index in [2.05, 4.69) is 20.9 Å². The van der Waals surface area contributed by atoms with Crippen molar-refractivity contribution in [3.8, 4) is 17.2 Å². The number of nitrogens with one attached hydrogen (secondary N) is 1. The zero-order chi connectivity index (χ0) is 16.9. The van der Waals surface area contributed by atoms with Crippen LogP contribution in [0.3, 0.4) is 0 Å². The van der Waals surface area contributed by atoms with Gasteiger partial charge in [0.1, 0.15) is 11.5 Å². The van der Waals surface area contributed by atoms with Gasteiger partial charge in [-0.2, -0.15) is 13.2 Å². The number of halogens is 4. The van der Waals surface area contributed by atoms with Gasteiger partial charge in [-0.05, 0) is 40.2 Å². The highest BCUT2D eigenvalue weighted by Crippen LogP contribution is 2.35. The minimum absolute atomic E-state index is 0.0192. The van der Waals surface area contributed by atoms with Gasteiger partial charge in [0, 0.05) is 6.07 Å². The van der Waals surface area contributed by atoms with Gasteiger partial charge in [-0.3, -0.25) is 4.57 Å². The quantitative estimate of drug-likeness (QED) is 0.596. The van der Waals surface area contributed by atoms with Crippen LogP contribution in [0.2, 0.25) is 0 Å². The van der Waals surface area contributed by atoms with E-state index >= 15 is 0 Å². The second-order valence-electron chi connectivity index (χ2n) is 4.79. The van der Waals surface area contributed by atoms with Gasteiger partial charge in [-0.25, -0.2) is 4.79 Å². The highest BCUT2D eigenvalue weighted by atomic mass is 79.9. The van der Waals surface area contributed by atoms with Crippen LogP contribution in [0.5, 0.6) is 11.5 Å². The fourth-order valence-electron chi connectivity index (χ4n) is 2.25. The molecule has 0 amide bonds. The van der Waals surface area contributed by atoms with Crippen molar-refractivity contribution in [1.29, 1.82) is 0 Å². The Balaban J connectivity index is 2.29. The van der Waals surface area contributed by atoms with E-state index in [1.54, 1.807) is 0 Å². The van der Waals surface area contributed by atoms with Gasteiger partial charge in [0.05, 0.1) is 26.8 Å². The molecular weight excluding hydrogens is 381 g/mol. The first-order valence-corrected chi connectivity index (χ1v) is 7.01. The fraction of sp³-hybridized carbons (Fsp3) is 0.0714. The second kappa shape index (κ2) is 5.05. The van der Waals surface area contributed by atoms with Gasteiger partial charge in [-0.1, -0.05) is 0 Å². The molecule has 0 atom stereocenters. The molecule has 0 fully saturated rings. The van der Waals surface area contributed by atoms with E-state index in [0.717, 1.165) is 28.8 Å². The van der Waals surface area contributed by atoms with E-state index < -0.39 is 23.2 Å². The minimum Gasteiger partial charge on any atom is -0.507 e. The lowest BCUT2D eigenvalue weighted by molar-refractivity contribution is -0.137. The summed E-state index contributed by atoms with van der Waals surface area (Å²) in [5.74, 6) is -0.632. The summed E-state index contributed by atoms with van der Waals surface area (Å²) < 4.78 is 39.4. The summed E-state index contributed by atoms with van der Waals surface area (Å²) in [6.45, 7) is 0. The first-order chi connectivity index (χ1) is 10.7. The number of nitrogens with zero attached hydrogens (tertiary/aromatic N) is 1. The van der Waals surface area contributed by atoms with Crippen molar-refractivity contribution in [2.24, 2.45) is 0 Å². The van der Waals surface area contributed by atoms with E-state index in [0.29, 0.717) is 0 Å². The number of imidazole rings is 1. The van der Waals surface area contributed by atoms with Crippen molar-refractivity contribution in [3.05, 3.63) is 50.9 Å². The lowest BCUT2D eigenvalue weighted by atomic mass is 10.2. The van der Waals surface area contributed by atoms with Crippen LogP contribution in [0.1, 0.15) is 5.56 Å². The van der Waals surface area contributed by atoms with E-state index in [9.17, 15) is 28.2 Å². The van der Waals surface area contributed by atoms with E-state index in [4.69, 9.17) is 0 Å². The van der Waals surface area contributed by atoms with Crippen LogP contribution in [-0.2, 0) is 6.18 Å². The second-order valence-corrected chi connectivity index (χ2v) is 5.64. The van der Waals surface area contributed by atoms with Crippen molar-refractivity contribution in [3.63, 3.8) is 0 Å². The van der Waals surface area contributed by atoms with Crippen LogP contribution in [0.4, 0.5) is 13.2 Å². The Morgan fingerprint density at radius 1 is 1.09 bits per heavy atom. The van der Waals surface area contributed by atoms with Gasteiger partial charge < -0.3 is 15.2 Å². The molecule has 2 aromatic carbocycles. The molecular formula is C14H8BrF3N2O3.